The van der Waals surface area contributed by atoms with Gasteiger partial charge < -0.3 is 10.2 Å². The maximum atomic E-state index is 12.6. The van der Waals surface area contributed by atoms with Crippen molar-refractivity contribution < 1.29 is 13.2 Å². The molecule has 0 bridgehead atoms. The van der Waals surface area contributed by atoms with Crippen LogP contribution in [-0.4, -0.2) is 76.5 Å². The Bertz CT molecular complexity index is 755. The molecular formula is C18H30Cl2N4O3S. The number of hydrogen-bond acceptors (Lipinski definition) is 5. The van der Waals surface area contributed by atoms with Gasteiger partial charge in [0, 0.05) is 59.3 Å². The first-order valence-corrected chi connectivity index (χ1v) is 10.7. The van der Waals surface area contributed by atoms with Crippen LogP contribution in [0.3, 0.4) is 0 Å². The summed E-state index contributed by atoms with van der Waals surface area (Å²) >= 11 is 0. The molecule has 0 atom stereocenters. The van der Waals surface area contributed by atoms with Crippen LogP contribution in [0.4, 0.5) is 0 Å². The van der Waals surface area contributed by atoms with Crippen LogP contribution in [0.1, 0.15) is 18.1 Å². The van der Waals surface area contributed by atoms with Gasteiger partial charge in [-0.1, -0.05) is 6.07 Å². The van der Waals surface area contributed by atoms with Crippen molar-refractivity contribution in [1.29, 1.82) is 0 Å². The molecule has 0 unspecified atom stereocenters. The predicted molar refractivity (Wildman–Crippen MR) is 115 cm³/mol. The third-order valence-corrected chi connectivity index (χ3v) is 6.62. The van der Waals surface area contributed by atoms with Gasteiger partial charge in [0.2, 0.25) is 15.9 Å². The lowest BCUT2D eigenvalue weighted by Gasteiger charge is -2.27. The minimum absolute atomic E-state index is 0. The fourth-order valence-corrected chi connectivity index (χ4v) is 4.61. The second-order valence-corrected chi connectivity index (χ2v) is 8.69. The van der Waals surface area contributed by atoms with Crippen molar-refractivity contribution in [2.75, 3.05) is 52.4 Å². The first-order chi connectivity index (χ1) is 12.5. The third-order valence-electron chi connectivity index (χ3n) is 5.17. The van der Waals surface area contributed by atoms with Gasteiger partial charge in [0.25, 0.3) is 0 Å². The number of rotatable bonds is 5. The van der Waals surface area contributed by atoms with Crippen LogP contribution in [0.2, 0.25) is 0 Å². The van der Waals surface area contributed by atoms with Gasteiger partial charge in [-0.3, -0.25) is 9.69 Å². The fourth-order valence-electron chi connectivity index (χ4n) is 3.54. The molecule has 3 rings (SSSR count). The quantitative estimate of drug-likeness (QED) is 0.685. The van der Waals surface area contributed by atoms with Crippen LogP contribution in [0.5, 0.6) is 0 Å². The largest absolute Gasteiger partial charge is 0.342 e. The summed E-state index contributed by atoms with van der Waals surface area (Å²) < 4.78 is 27.9. The average Bonchev–Trinajstić information content (AvgIpc) is 2.84. The minimum atomic E-state index is -3.51. The number of amides is 1. The van der Waals surface area contributed by atoms with Crippen LogP contribution in [0.15, 0.2) is 23.1 Å². The minimum Gasteiger partial charge on any atom is -0.342 e. The van der Waals surface area contributed by atoms with Crippen molar-refractivity contribution in [2.45, 2.75) is 24.7 Å². The highest BCUT2D eigenvalue weighted by Gasteiger charge is 2.20. The van der Waals surface area contributed by atoms with E-state index in [1.807, 2.05) is 11.0 Å². The van der Waals surface area contributed by atoms with E-state index in [9.17, 15) is 13.2 Å². The van der Waals surface area contributed by atoms with E-state index >= 15 is 0 Å². The highest BCUT2D eigenvalue weighted by Crippen LogP contribution is 2.20. The zero-order valence-electron chi connectivity index (χ0n) is 16.1. The normalized spacial score (nSPS) is 17.7. The van der Waals surface area contributed by atoms with Gasteiger partial charge in [0.1, 0.15) is 0 Å². The van der Waals surface area contributed by atoms with Crippen molar-refractivity contribution in [3.8, 4) is 0 Å². The van der Waals surface area contributed by atoms with E-state index in [0.717, 1.165) is 50.3 Å². The molecule has 1 fully saturated rings. The molecular weight excluding hydrogens is 423 g/mol. The molecule has 0 saturated carbocycles. The van der Waals surface area contributed by atoms with E-state index in [4.69, 9.17) is 0 Å². The highest BCUT2D eigenvalue weighted by atomic mass is 35.5. The summed E-state index contributed by atoms with van der Waals surface area (Å²) in [6, 6.07) is 5.34. The molecule has 0 radical (unpaired) electrons. The Hall–Kier alpha value is -0.900. The molecule has 10 heteroatoms. The van der Waals surface area contributed by atoms with Gasteiger partial charge in [-0.2, -0.15) is 0 Å². The molecule has 1 aromatic carbocycles. The lowest BCUT2D eigenvalue weighted by atomic mass is 10.0. The van der Waals surface area contributed by atoms with E-state index in [-0.39, 0.29) is 30.7 Å². The lowest BCUT2D eigenvalue weighted by molar-refractivity contribution is -0.128. The summed E-state index contributed by atoms with van der Waals surface area (Å²) in [7, 11) is -3.51. The van der Waals surface area contributed by atoms with E-state index in [1.54, 1.807) is 19.1 Å². The van der Waals surface area contributed by atoms with Crippen LogP contribution < -0.4 is 10.0 Å². The Balaban J connectivity index is 0.00000196. The number of carbonyl (C=O) groups is 1. The second-order valence-electron chi connectivity index (χ2n) is 6.93. The molecule has 0 aliphatic carbocycles. The Morgan fingerprint density at radius 1 is 1.07 bits per heavy atom. The Morgan fingerprint density at radius 3 is 2.36 bits per heavy atom. The number of sulfonamides is 1. The molecule has 0 spiro atoms. The number of benzene rings is 1. The van der Waals surface area contributed by atoms with Crippen LogP contribution in [0, 0.1) is 0 Å². The average molecular weight is 453 g/mol. The predicted octanol–water partition coefficient (Wildman–Crippen LogP) is 0.661. The summed E-state index contributed by atoms with van der Waals surface area (Å²) in [6.45, 7) is 7.86. The van der Waals surface area contributed by atoms with Crippen molar-refractivity contribution in [3.63, 3.8) is 0 Å². The second kappa shape index (κ2) is 11.3. The first kappa shape index (κ1) is 25.1. The summed E-state index contributed by atoms with van der Waals surface area (Å²) in [5.74, 6) is 0.0697. The summed E-state index contributed by atoms with van der Waals surface area (Å²) in [6.07, 6.45) is 1.46. The van der Waals surface area contributed by atoms with Crippen LogP contribution in [-0.2, 0) is 27.7 Å². The van der Waals surface area contributed by atoms with Crippen LogP contribution >= 0.6 is 24.8 Å². The van der Waals surface area contributed by atoms with Crippen molar-refractivity contribution >= 4 is 40.7 Å². The SMILES string of the molecule is CC(=O)N1CCc2ccc(S(=O)(=O)NCCN3CCNCC3)cc2CC1.Cl.Cl. The number of carbonyl (C=O) groups excluding carboxylic acids is 1. The number of nitrogens with one attached hydrogen (secondary N) is 2. The summed E-state index contributed by atoms with van der Waals surface area (Å²) in [5.41, 5.74) is 2.16. The van der Waals surface area contributed by atoms with Gasteiger partial charge in [0.05, 0.1) is 4.90 Å². The Kier molecular flexibility index (Phi) is 10.2. The van der Waals surface area contributed by atoms with E-state index in [2.05, 4.69) is 14.9 Å². The maximum absolute atomic E-state index is 12.6. The number of fused-ring (bicyclic) bond motifs is 1. The van der Waals surface area contributed by atoms with Gasteiger partial charge >= 0.3 is 0 Å². The van der Waals surface area contributed by atoms with Gasteiger partial charge in [-0.25, -0.2) is 13.1 Å². The molecule has 0 aromatic heterocycles. The van der Waals surface area contributed by atoms with Crippen LogP contribution in [0.25, 0.3) is 0 Å². The van der Waals surface area contributed by atoms with Crippen molar-refractivity contribution in [1.82, 2.24) is 19.8 Å². The topological polar surface area (TPSA) is 81.8 Å². The molecule has 1 aromatic rings. The number of piperazine rings is 1. The standard InChI is InChI=1S/C18H28N4O3S.2ClH/c1-15(23)22-9-4-16-2-3-18(14-17(16)5-10-22)26(24,25)20-8-13-21-11-6-19-7-12-21;;/h2-3,14,19-20H,4-13H2,1H3;2*1H. The smallest absolute Gasteiger partial charge is 0.240 e. The molecule has 2 heterocycles. The van der Waals surface area contributed by atoms with Crippen molar-refractivity contribution in [3.05, 3.63) is 29.3 Å². The van der Waals surface area contributed by atoms with E-state index in [0.29, 0.717) is 31.0 Å². The zero-order chi connectivity index (χ0) is 18.6. The molecule has 1 saturated heterocycles. The number of halogens is 2. The number of nitrogens with zero attached hydrogens (tertiary/aromatic N) is 2. The zero-order valence-corrected chi connectivity index (χ0v) is 18.6. The molecule has 2 aliphatic rings. The first-order valence-electron chi connectivity index (χ1n) is 9.26. The molecule has 1 amide bonds. The van der Waals surface area contributed by atoms with Crippen molar-refractivity contribution in [2.24, 2.45) is 0 Å². The Morgan fingerprint density at radius 2 is 1.71 bits per heavy atom. The van der Waals surface area contributed by atoms with Gasteiger partial charge in [-0.15, -0.1) is 24.8 Å². The van der Waals surface area contributed by atoms with E-state index < -0.39 is 10.0 Å². The lowest BCUT2D eigenvalue weighted by Crippen LogP contribution is -2.46. The van der Waals surface area contributed by atoms with Gasteiger partial charge in [-0.05, 0) is 36.1 Å². The Labute approximate surface area is 180 Å². The molecule has 7 nitrogen and oxygen atoms in total. The molecule has 2 N–H and O–H groups in total. The monoisotopic (exact) mass is 452 g/mol. The molecule has 28 heavy (non-hydrogen) atoms. The third kappa shape index (κ3) is 6.57. The maximum Gasteiger partial charge on any atom is 0.240 e. The summed E-state index contributed by atoms with van der Waals surface area (Å²) in [5, 5.41) is 3.29. The summed E-state index contributed by atoms with van der Waals surface area (Å²) in [4.78, 5) is 16.0. The van der Waals surface area contributed by atoms with Gasteiger partial charge in [0.15, 0.2) is 0 Å². The number of hydrogen-bond donors (Lipinski definition) is 2. The molecule has 2 aliphatic heterocycles. The van der Waals surface area contributed by atoms with E-state index in [1.165, 1.54) is 0 Å². The highest BCUT2D eigenvalue weighted by molar-refractivity contribution is 7.89. The fraction of sp³-hybridized carbons (Fsp3) is 0.611. The molecule has 160 valence electrons.